The molecular weight excluding hydrogens is 220 g/mol. The summed E-state index contributed by atoms with van der Waals surface area (Å²) in [7, 11) is 0. The number of nitro groups is 1. The lowest BCUT2D eigenvalue weighted by atomic mass is 10.0. The van der Waals surface area contributed by atoms with Gasteiger partial charge in [0, 0.05) is 30.3 Å². The van der Waals surface area contributed by atoms with E-state index in [9.17, 15) is 10.1 Å². The van der Waals surface area contributed by atoms with Gasteiger partial charge in [0.25, 0.3) is 5.69 Å². The van der Waals surface area contributed by atoms with Crippen LogP contribution in [-0.2, 0) is 11.3 Å². The lowest BCUT2D eigenvalue weighted by molar-refractivity contribution is -0.385. The number of benzene rings is 1. The van der Waals surface area contributed by atoms with Crippen LogP contribution in [0.5, 0.6) is 0 Å². The minimum atomic E-state index is -0.343. The molecule has 1 fully saturated rings. The number of hydrogen-bond donors (Lipinski definition) is 1. The molecule has 5 heteroatoms. The first kappa shape index (κ1) is 12.0. The first-order valence-electron chi connectivity index (χ1n) is 5.66. The van der Waals surface area contributed by atoms with Crippen LogP contribution in [0.15, 0.2) is 24.3 Å². The van der Waals surface area contributed by atoms with Gasteiger partial charge in [-0.1, -0.05) is 18.2 Å². The molecule has 0 radical (unpaired) electrons. The molecule has 1 unspecified atom stereocenters. The van der Waals surface area contributed by atoms with E-state index in [4.69, 9.17) is 4.74 Å². The highest BCUT2D eigenvalue weighted by Crippen LogP contribution is 2.21. The largest absolute Gasteiger partial charge is 0.379 e. The summed E-state index contributed by atoms with van der Waals surface area (Å²) in [5, 5.41) is 14.2. The summed E-state index contributed by atoms with van der Waals surface area (Å²) in [6, 6.07) is 6.81. The number of para-hydroxylation sites is 1. The highest BCUT2D eigenvalue weighted by atomic mass is 16.6. The van der Waals surface area contributed by atoms with Crippen LogP contribution in [0.25, 0.3) is 0 Å². The Labute approximate surface area is 99.9 Å². The number of rotatable bonds is 4. The zero-order valence-electron chi connectivity index (χ0n) is 9.81. The summed E-state index contributed by atoms with van der Waals surface area (Å²) in [5.74, 6) is 0. The lowest BCUT2D eigenvalue weighted by Gasteiger charge is -2.23. The fourth-order valence-electron chi connectivity index (χ4n) is 1.95. The van der Waals surface area contributed by atoms with E-state index < -0.39 is 0 Å². The number of nitrogens with zero attached hydrogens (tertiary/aromatic N) is 1. The van der Waals surface area contributed by atoms with Gasteiger partial charge in [-0.2, -0.15) is 0 Å². The third-order valence-electron chi connectivity index (χ3n) is 3.11. The van der Waals surface area contributed by atoms with Crippen LogP contribution in [0.2, 0.25) is 0 Å². The second kappa shape index (κ2) is 4.81. The number of nitro benzene ring substituents is 1. The first-order chi connectivity index (χ1) is 8.11. The molecule has 5 nitrogen and oxygen atoms in total. The van der Waals surface area contributed by atoms with Crippen molar-refractivity contribution in [2.45, 2.75) is 25.4 Å². The summed E-state index contributed by atoms with van der Waals surface area (Å²) in [5.41, 5.74) is 0.817. The van der Waals surface area contributed by atoms with Crippen molar-refractivity contribution >= 4 is 5.69 Å². The van der Waals surface area contributed by atoms with Crippen LogP contribution in [0.3, 0.4) is 0 Å². The van der Waals surface area contributed by atoms with Gasteiger partial charge in [-0.15, -0.1) is 0 Å². The van der Waals surface area contributed by atoms with Crippen molar-refractivity contribution in [1.82, 2.24) is 5.32 Å². The van der Waals surface area contributed by atoms with Gasteiger partial charge in [-0.05, 0) is 13.3 Å². The van der Waals surface area contributed by atoms with Gasteiger partial charge in [-0.3, -0.25) is 10.1 Å². The molecule has 17 heavy (non-hydrogen) atoms. The van der Waals surface area contributed by atoms with Crippen molar-refractivity contribution in [1.29, 1.82) is 0 Å². The molecule has 0 aliphatic carbocycles. The fraction of sp³-hybridized carbons (Fsp3) is 0.500. The standard InChI is InChI=1S/C12H16N2O3/c1-12(6-7-17-9-12)13-8-10-4-2-3-5-11(10)14(15)16/h2-5,13H,6-9H2,1H3. The Bertz CT molecular complexity index is 414. The Hall–Kier alpha value is -1.46. The Morgan fingerprint density at radius 2 is 2.29 bits per heavy atom. The maximum Gasteiger partial charge on any atom is 0.273 e. The van der Waals surface area contributed by atoms with Crippen LogP contribution >= 0.6 is 0 Å². The molecule has 1 saturated heterocycles. The average molecular weight is 236 g/mol. The van der Waals surface area contributed by atoms with Crippen LogP contribution in [0.1, 0.15) is 18.9 Å². The van der Waals surface area contributed by atoms with Crippen molar-refractivity contribution < 1.29 is 9.66 Å². The van der Waals surface area contributed by atoms with Crippen LogP contribution < -0.4 is 5.32 Å². The number of hydrogen-bond acceptors (Lipinski definition) is 4. The molecule has 1 heterocycles. The molecule has 0 spiro atoms. The van der Waals surface area contributed by atoms with Crippen LogP contribution in [0.4, 0.5) is 5.69 Å². The van der Waals surface area contributed by atoms with Gasteiger partial charge in [-0.25, -0.2) is 0 Å². The SMILES string of the molecule is CC1(NCc2ccccc2[N+](=O)[O-])CCOC1. The highest BCUT2D eigenvalue weighted by Gasteiger charge is 2.29. The monoisotopic (exact) mass is 236 g/mol. The van der Waals surface area contributed by atoms with E-state index in [0.29, 0.717) is 18.7 Å². The zero-order valence-corrected chi connectivity index (χ0v) is 9.81. The minimum Gasteiger partial charge on any atom is -0.379 e. The van der Waals surface area contributed by atoms with Crippen molar-refractivity contribution in [3.05, 3.63) is 39.9 Å². The summed E-state index contributed by atoms with van der Waals surface area (Å²) in [4.78, 5) is 10.5. The zero-order chi connectivity index (χ0) is 12.3. The van der Waals surface area contributed by atoms with Gasteiger partial charge in [0.2, 0.25) is 0 Å². The van der Waals surface area contributed by atoms with Crippen molar-refractivity contribution in [3.8, 4) is 0 Å². The minimum absolute atomic E-state index is 0.0658. The molecule has 1 N–H and O–H groups in total. The van der Waals surface area contributed by atoms with Crippen molar-refractivity contribution in [2.75, 3.05) is 13.2 Å². The van der Waals surface area contributed by atoms with E-state index in [2.05, 4.69) is 12.2 Å². The second-order valence-electron chi connectivity index (χ2n) is 4.60. The predicted octanol–water partition coefficient (Wildman–Crippen LogP) is 1.86. The molecule has 1 aliphatic heterocycles. The van der Waals surface area contributed by atoms with Crippen molar-refractivity contribution in [2.24, 2.45) is 0 Å². The Balaban J connectivity index is 2.06. The number of ether oxygens (including phenoxy) is 1. The summed E-state index contributed by atoms with van der Waals surface area (Å²) in [6.45, 7) is 3.99. The van der Waals surface area contributed by atoms with Crippen LogP contribution in [-0.4, -0.2) is 23.7 Å². The maximum absolute atomic E-state index is 10.9. The predicted molar refractivity (Wildman–Crippen MR) is 63.8 cm³/mol. The fourth-order valence-corrected chi connectivity index (χ4v) is 1.95. The van der Waals surface area contributed by atoms with Gasteiger partial charge >= 0.3 is 0 Å². The highest BCUT2D eigenvalue weighted by molar-refractivity contribution is 5.39. The Morgan fingerprint density at radius 1 is 1.53 bits per heavy atom. The lowest BCUT2D eigenvalue weighted by Crippen LogP contribution is -2.42. The van der Waals surface area contributed by atoms with E-state index in [1.165, 1.54) is 6.07 Å². The summed E-state index contributed by atoms with van der Waals surface area (Å²) in [6.07, 6.45) is 0.938. The molecule has 1 atom stereocenters. The van der Waals surface area contributed by atoms with E-state index in [0.717, 1.165) is 13.0 Å². The van der Waals surface area contributed by atoms with E-state index in [-0.39, 0.29) is 16.1 Å². The summed E-state index contributed by atoms with van der Waals surface area (Å²) >= 11 is 0. The molecule has 1 aromatic carbocycles. The quantitative estimate of drug-likeness (QED) is 0.640. The summed E-state index contributed by atoms with van der Waals surface area (Å²) < 4.78 is 5.33. The Morgan fingerprint density at radius 3 is 2.94 bits per heavy atom. The molecule has 0 aromatic heterocycles. The molecule has 0 saturated carbocycles. The maximum atomic E-state index is 10.9. The smallest absolute Gasteiger partial charge is 0.273 e. The first-order valence-corrected chi connectivity index (χ1v) is 5.66. The Kier molecular flexibility index (Phi) is 3.40. The van der Waals surface area contributed by atoms with Gasteiger partial charge in [0.05, 0.1) is 11.5 Å². The van der Waals surface area contributed by atoms with E-state index in [1.807, 2.05) is 6.07 Å². The average Bonchev–Trinajstić information content (AvgIpc) is 2.74. The molecular formula is C12H16N2O3. The van der Waals surface area contributed by atoms with Gasteiger partial charge < -0.3 is 10.1 Å². The molecule has 2 rings (SSSR count). The molecule has 0 amide bonds. The molecule has 1 aromatic rings. The second-order valence-corrected chi connectivity index (χ2v) is 4.60. The molecule has 92 valence electrons. The van der Waals surface area contributed by atoms with Crippen LogP contribution in [0, 0.1) is 10.1 Å². The van der Waals surface area contributed by atoms with Gasteiger partial charge in [0.15, 0.2) is 0 Å². The van der Waals surface area contributed by atoms with Crippen molar-refractivity contribution in [3.63, 3.8) is 0 Å². The molecule has 0 bridgehead atoms. The normalized spacial score (nSPS) is 23.8. The topological polar surface area (TPSA) is 64.4 Å². The van der Waals surface area contributed by atoms with E-state index >= 15 is 0 Å². The third kappa shape index (κ3) is 2.81. The number of nitrogens with one attached hydrogen (secondary N) is 1. The third-order valence-corrected chi connectivity index (χ3v) is 3.11. The van der Waals surface area contributed by atoms with E-state index in [1.54, 1.807) is 12.1 Å². The molecule has 1 aliphatic rings. The van der Waals surface area contributed by atoms with Gasteiger partial charge in [0.1, 0.15) is 0 Å².